The Kier molecular flexibility index (Phi) is 36.4. The van der Waals surface area contributed by atoms with E-state index in [-0.39, 0.29) is 42.7 Å². The second kappa shape index (κ2) is 38.6. The largest absolute Gasteiger partial charge is 0.477 e. The molecule has 0 bridgehead atoms. The zero-order valence-electron chi connectivity index (χ0n) is 36.3. The maximum absolute atomic E-state index is 12.6. The summed E-state index contributed by atoms with van der Waals surface area (Å²) < 4.78 is 17.2. The first-order valence-corrected chi connectivity index (χ1v) is 22.0. The van der Waals surface area contributed by atoms with Crippen LogP contribution in [-0.4, -0.2) is 80.6 Å². The van der Waals surface area contributed by atoms with Gasteiger partial charge in [0.05, 0.1) is 34.4 Å². The van der Waals surface area contributed by atoms with E-state index in [0.717, 1.165) is 64.2 Å². The van der Waals surface area contributed by atoms with Crippen LogP contribution in [0.1, 0.15) is 162 Å². The lowest BCUT2D eigenvalue weighted by Gasteiger charge is -2.31. The predicted octanol–water partition coefficient (Wildman–Crippen LogP) is 12.0. The van der Waals surface area contributed by atoms with Gasteiger partial charge in [-0.3, -0.25) is 9.59 Å². The van der Waals surface area contributed by atoms with Gasteiger partial charge in [-0.15, -0.1) is 0 Å². The number of rotatable bonds is 38. The molecule has 8 heteroatoms. The maximum Gasteiger partial charge on any atom is 0.362 e. The van der Waals surface area contributed by atoms with E-state index in [1.54, 1.807) is 0 Å². The average Bonchev–Trinajstić information content (AvgIpc) is 3.15. The highest BCUT2D eigenvalue weighted by Gasteiger charge is 2.31. The number of carboxylic acids is 1. The molecular formula is C48H82NO7+. The molecule has 1 N–H and O–H groups in total. The molecule has 0 fully saturated rings. The summed E-state index contributed by atoms with van der Waals surface area (Å²) in [7, 11) is 5.50. The molecular weight excluding hydrogens is 703 g/mol. The van der Waals surface area contributed by atoms with Crippen LogP contribution in [0.4, 0.5) is 0 Å². The van der Waals surface area contributed by atoms with Gasteiger partial charge in [0.1, 0.15) is 6.61 Å². The van der Waals surface area contributed by atoms with Crippen LogP contribution in [0.3, 0.4) is 0 Å². The molecule has 8 nitrogen and oxygen atoms in total. The maximum atomic E-state index is 12.6. The first kappa shape index (κ1) is 52.8. The first-order chi connectivity index (χ1) is 27.1. The lowest BCUT2D eigenvalue weighted by Crippen LogP contribution is -2.50. The lowest BCUT2D eigenvalue weighted by atomic mass is 10.0. The van der Waals surface area contributed by atoms with E-state index >= 15 is 0 Å². The van der Waals surface area contributed by atoms with Crippen LogP contribution in [0.5, 0.6) is 0 Å². The number of carbonyl (C=O) groups is 3. The molecule has 0 aromatic rings. The number of unbranched alkanes of at least 4 members (excludes halogenated alkanes) is 12. The Morgan fingerprint density at radius 3 is 1.45 bits per heavy atom. The number of carbonyl (C=O) groups excluding carboxylic acids is 2. The summed E-state index contributed by atoms with van der Waals surface area (Å²) in [6.45, 7) is 4.43. The number of aliphatic carboxylic acids is 1. The standard InChI is InChI=1S/C48H81NO7/c1-6-8-10-12-14-16-18-19-20-21-22-23-24-25-26-27-29-30-32-34-36-38-46(50)55-43-44(42-54-41-40-45(48(52)53)49(3,4)5)56-47(51)39-37-35-33-31-28-17-15-13-11-9-7-2/h8-11,14-17,19-20,31,33,44-45H,6-7,12-13,18,21-30,32,34-43H2,1-5H3/p+1/b10-8+,11-9+,16-14+,17-15+,20-19+,33-31+. The van der Waals surface area contributed by atoms with Gasteiger partial charge < -0.3 is 23.8 Å². The van der Waals surface area contributed by atoms with Crippen LogP contribution in [0, 0.1) is 0 Å². The summed E-state index contributed by atoms with van der Waals surface area (Å²) in [6, 6.07) is -0.626. The Labute approximate surface area is 342 Å². The highest BCUT2D eigenvalue weighted by molar-refractivity contribution is 5.72. The zero-order chi connectivity index (χ0) is 41.4. The number of carboxylic acid groups (broad SMARTS) is 1. The Morgan fingerprint density at radius 1 is 0.536 bits per heavy atom. The molecule has 0 spiro atoms. The normalized spacial score (nSPS) is 13.7. The number of hydrogen-bond acceptors (Lipinski definition) is 6. The minimum atomic E-state index is -0.886. The summed E-state index contributed by atoms with van der Waals surface area (Å²) in [5.41, 5.74) is 0. The smallest absolute Gasteiger partial charge is 0.362 e. The van der Waals surface area contributed by atoms with E-state index in [0.29, 0.717) is 19.3 Å². The van der Waals surface area contributed by atoms with Gasteiger partial charge in [0.25, 0.3) is 0 Å². The van der Waals surface area contributed by atoms with Crippen molar-refractivity contribution in [2.45, 2.75) is 174 Å². The summed E-state index contributed by atoms with van der Waals surface area (Å²) >= 11 is 0. The van der Waals surface area contributed by atoms with Gasteiger partial charge in [-0.05, 0) is 70.6 Å². The van der Waals surface area contributed by atoms with E-state index in [2.05, 4.69) is 86.8 Å². The molecule has 56 heavy (non-hydrogen) atoms. The molecule has 0 heterocycles. The van der Waals surface area contributed by atoms with Crippen molar-refractivity contribution >= 4 is 17.9 Å². The molecule has 0 saturated heterocycles. The van der Waals surface area contributed by atoms with E-state index in [1.807, 2.05) is 21.1 Å². The number of allylic oxidation sites excluding steroid dienone is 12. The number of nitrogens with zero attached hydrogens (tertiary/aromatic N) is 1. The van der Waals surface area contributed by atoms with Crippen molar-refractivity contribution in [2.24, 2.45) is 0 Å². The summed E-state index contributed by atoms with van der Waals surface area (Å²) in [4.78, 5) is 36.9. The summed E-state index contributed by atoms with van der Waals surface area (Å²) in [6.07, 6.45) is 48.2. The fourth-order valence-corrected chi connectivity index (χ4v) is 6.01. The van der Waals surface area contributed by atoms with Crippen LogP contribution >= 0.6 is 0 Å². The van der Waals surface area contributed by atoms with Crippen molar-refractivity contribution < 1.29 is 38.2 Å². The second-order valence-corrected chi connectivity index (χ2v) is 15.5. The Bertz CT molecular complexity index is 1140. The van der Waals surface area contributed by atoms with Gasteiger partial charge in [-0.2, -0.15) is 0 Å². The minimum Gasteiger partial charge on any atom is -0.477 e. The van der Waals surface area contributed by atoms with Gasteiger partial charge in [0, 0.05) is 19.3 Å². The second-order valence-electron chi connectivity index (χ2n) is 15.5. The van der Waals surface area contributed by atoms with Crippen molar-refractivity contribution in [1.29, 1.82) is 0 Å². The topological polar surface area (TPSA) is 99.1 Å². The molecule has 0 aromatic carbocycles. The van der Waals surface area contributed by atoms with Crippen LogP contribution in [-0.2, 0) is 28.6 Å². The van der Waals surface area contributed by atoms with E-state index in [1.165, 1.54) is 57.8 Å². The van der Waals surface area contributed by atoms with Gasteiger partial charge >= 0.3 is 17.9 Å². The van der Waals surface area contributed by atoms with Crippen molar-refractivity contribution in [1.82, 2.24) is 0 Å². The Hall–Kier alpha value is -3.23. The number of ether oxygens (including phenoxy) is 3. The van der Waals surface area contributed by atoms with Crippen molar-refractivity contribution in [3.05, 3.63) is 72.9 Å². The van der Waals surface area contributed by atoms with Gasteiger partial charge in [0.15, 0.2) is 12.1 Å². The third kappa shape index (κ3) is 36.4. The highest BCUT2D eigenvalue weighted by atomic mass is 16.6. The molecule has 2 unspecified atom stereocenters. The highest BCUT2D eigenvalue weighted by Crippen LogP contribution is 2.14. The predicted molar refractivity (Wildman–Crippen MR) is 233 cm³/mol. The average molecular weight is 785 g/mol. The Balaban J connectivity index is 4.29. The molecule has 0 rings (SSSR count). The van der Waals surface area contributed by atoms with Crippen molar-refractivity contribution in [3.63, 3.8) is 0 Å². The first-order valence-electron chi connectivity index (χ1n) is 22.0. The third-order valence-corrected chi connectivity index (χ3v) is 9.35. The van der Waals surface area contributed by atoms with Crippen LogP contribution in [0.2, 0.25) is 0 Å². The Morgan fingerprint density at radius 2 is 0.964 bits per heavy atom. The molecule has 0 aliphatic carbocycles. The minimum absolute atomic E-state index is 0.0370. The molecule has 0 radical (unpaired) electrons. The van der Waals surface area contributed by atoms with E-state index in [9.17, 15) is 19.5 Å². The molecule has 0 aromatic heterocycles. The fourth-order valence-electron chi connectivity index (χ4n) is 6.01. The van der Waals surface area contributed by atoms with E-state index in [4.69, 9.17) is 14.2 Å². The van der Waals surface area contributed by atoms with Gasteiger partial charge in [0.2, 0.25) is 0 Å². The van der Waals surface area contributed by atoms with Crippen molar-refractivity contribution in [2.75, 3.05) is 41.0 Å². The molecule has 320 valence electrons. The summed E-state index contributed by atoms with van der Waals surface area (Å²) in [5.74, 6) is -1.55. The third-order valence-electron chi connectivity index (χ3n) is 9.35. The SMILES string of the molecule is CC/C=C/C/C=C/C/C=C/CCCCCCCCCCCCCC(=O)OCC(COCCC(C(=O)O)[N+](C)(C)C)OC(=O)CCC/C=C/C/C=C/C/C=C/CC. The number of likely N-dealkylation sites (N-methyl/N-ethyl adjacent to an activating group) is 1. The molecule has 0 saturated carbocycles. The lowest BCUT2D eigenvalue weighted by molar-refractivity contribution is -0.887. The quantitative estimate of drug-likeness (QED) is 0.0288. The fraction of sp³-hybridized carbons (Fsp3) is 0.688. The molecule has 0 aliphatic heterocycles. The number of hydrogen-bond donors (Lipinski definition) is 1. The van der Waals surface area contributed by atoms with Crippen LogP contribution in [0.25, 0.3) is 0 Å². The van der Waals surface area contributed by atoms with Crippen molar-refractivity contribution in [3.8, 4) is 0 Å². The molecule has 2 atom stereocenters. The summed E-state index contributed by atoms with van der Waals surface area (Å²) in [5, 5.41) is 9.60. The molecule has 0 amide bonds. The van der Waals surface area contributed by atoms with Crippen LogP contribution < -0.4 is 0 Å². The van der Waals surface area contributed by atoms with E-state index < -0.39 is 18.1 Å². The molecule has 0 aliphatic rings. The zero-order valence-corrected chi connectivity index (χ0v) is 36.3. The van der Waals surface area contributed by atoms with Gasteiger partial charge in [-0.1, -0.05) is 145 Å². The van der Waals surface area contributed by atoms with Crippen LogP contribution in [0.15, 0.2) is 72.9 Å². The number of quaternary nitrogens is 1. The monoisotopic (exact) mass is 785 g/mol. The number of esters is 2. The van der Waals surface area contributed by atoms with Gasteiger partial charge in [-0.25, -0.2) is 4.79 Å².